The van der Waals surface area contributed by atoms with E-state index >= 15 is 0 Å². The van der Waals surface area contributed by atoms with Crippen LogP contribution in [0.5, 0.6) is 0 Å². The van der Waals surface area contributed by atoms with Crippen LogP contribution >= 0.6 is 27.3 Å². The number of benzene rings is 1. The molecule has 1 aromatic heterocycles. The molecule has 20 heavy (non-hydrogen) atoms. The van der Waals surface area contributed by atoms with Crippen LogP contribution in [0.3, 0.4) is 0 Å². The maximum Gasteiger partial charge on any atom is 0.338 e. The summed E-state index contributed by atoms with van der Waals surface area (Å²) in [6.07, 6.45) is 0. The zero-order chi connectivity index (χ0) is 14.5. The Morgan fingerprint density at radius 2 is 2.25 bits per heavy atom. The molecule has 3 N–H and O–H groups in total. The number of hydrogen-bond acceptors (Lipinski definition) is 5. The summed E-state index contributed by atoms with van der Waals surface area (Å²) in [4.78, 5) is 12.7. The highest BCUT2D eigenvalue weighted by molar-refractivity contribution is 9.10. The lowest BCUT2D eigenvalue weighted by atomic mass is 10.2. The van der Waals surface area contributed by atoms with Crippen LogP contribution in [-0.2, 0) is 11.3 Å². The fourth-order valence-corrected chi connectivity index (χ4v) is 2.93. The van der Waals surface area contributed by atoms with Crippen LogP contribution in [0.2, 0.25) is 0 Å². The lowest BCUT2D eigenvalue weighted by Gasteiger charge is -2.09. The van der Waals surface area contributed by atoms with Crippen LogP contribution in [0, 0.1) is 0 Å². The molecule has 0 aliphatic rings. The number of nitrogens with one attached hydrogen (secondary N) is 1. The van der Waals surface area contributed by atoms with E-state index in [9.17, 15) is 4.79 Å². The number of hydrogen-bond donors (Lipinski definition) is 2. The van der Waals surface area contributed by atoms with Crippen molar-refractivity contribution in [3.8, 4) is 0 Å². The maximum atomic E-state index is 11.6. The van der Waals surface area contributed by atoms with E-state index in [1.807, 2.05) is 17.5 Å². The summed E-state index contributed by atoms with van der Waals surface area (Å²) < 4.78 is 5.78. The van der Waals surface area contributed by atoms with Crippen LogP contribution in [0.15, 0.2) is 34.1 Å². The van der Waals surface area contributed by atoms with E-state index in [2.05, 4.69) is 21.2 Å². The summed E-state index contributed by atoms with van der Waals surface area (Å²) in [5.74, 6) is -0.317. The first-order chi connectivity index (χ1) is 9.61. The molecule has 0 radical (unpaired) electrons. The second kappa shape index (κ2) is 6.76. The number of carbonyl (C=O) groups is 1. The Labute approximate surface area is 130 Å². The summed E-state index contributed by atoms with van der Waals surface area (Å²) in [5.41, 5.74) is 8.07. The molecule has 0 aliphatic heterocycles. The molecule has 0 spiro atoms. The second-order valence-corrected chi connectivity index (χ2v) is 5.92. The number of nitrogens with two attached hydrogens (primary N) is 1. The quantitative estimate of drug-likeness (QED) is 0.799. The van der Waals surface area contributed by atoms with Gasteiger partial charge in [-0.2, -0.15) is 0 Å². The topological polar surface area (TPSA) is 64.3 Å². The third-order valence-electron chi connectivity index (χ3n) is 2.70. The van der Waals surface area contributed by atoms with Crippen LogP contribution in [0.1, 0.15) is 22.2 Å². The first-order valence-electron chi connectivity index (χ1n) is 6.14. The molecule has 0 fully saturated rings. The summed E-state index contributed by atoms with van der Waals surface area (Å²) in [6.45, 7) is 2.81. The number of nitrogen functional groups attached to an aromatic ring is 1. The number of halogens is 1. The van der Waals surface area contributed by atoms with Crippen molar-refractivity contribution >= 4 is 44.6 Å². The highest BCUT2D eigenvalue weighted by Crippen LogP contribution is 2.26. The molecule has 0 amide bonds. The summed E-state index contributed by atoms with van der Waals surface area (Å²) in [5, 5.41) is 5.25. The van der Waals surface area contributed by atoms with Crippen molar-refractivity contribution in [1.29, 1.82) is 0 Å². The van der Waals surface area contributed by atoms with Gasteiger partial charge in [-0.05, 0) is 52.5 Å². The Hall–Kier alpha value is -1.53. The Morgan fingerprint density at radius 3 is 2.85 bits per heavy atom. The van der Waals surface area contributed by atoms with Gasteiger partial charge in [0.15, 0.2) is 0 Å². The van der Waals surface area contributed by atoms with Crippen molar-refractivity contribution in [1.82, 2.24) is 0 Å². The molecule has 6 heteroatoms. The third kappa shape index (κ3) is 3.52. The first-order valence-corrected chi connectivity index (χ1v) is 7.81. The minimum absolute atomic E-state index is 0.317. The largest absolute Gasteiger partial charge is 0.462 e. The number of anilines is 2. The van der Waals surface area contributed by atoms with Gasteiger partial charge in [0, 0.05) is 20.7 Å². The second-order valence-electron chi connectivity index (χ2n) is 4.07. The third-order valence-corrected chi connectivity index (χ3v) is 4.29. The number of thiophene rings is 1. The van der Waals surface area contributed by atoms with Gasteiger partial charge in [-0.3, -0.25) is 0 Å². The van der Waals surface area contributed by atoms with E-state index in [1.165, 1.54) is 0 Å². The maximum absolute atomic E-state index is 11.6. The van der Waals surface area contributed by atoms with Crippen LogP contribution in [0.4, 0.5) is 11.4 Å². The van der Waals surface area contributed by atoms with E-state index < -0.39 is 0 Å². The average molecular weight is 355 g/mol. The van der Waals surface area contributed by atoms with E-state index in [4.69, 9.17) is 10.5 Å². The molecular weight excluding hydrogens is 340 g/mol. The molecule has 2 rings (SSSR count). The highest BCUT2D eigenvalue weighted by Gasteiger charge is 2.09. The molecule has 0 atom stereocenters. The Kier molecular flexibility index (Phi) is 5.03. The molecule has 0 saturated heterocycles. The Morgan fingerprint density at radius 1 is 1.45 bits per heavy atom. The molecule has 4 nitrogen and oxygen atoms in total. The standard InChI is InChI=1S/C14H15BrN2O2S/c1-2-19-14(18)9-3-4-12(10(15)7-9)17-8-13-11(16)5-6-20-13/h3-7,17H,2,8,16H2,1H3. The van der Waals surface area contributed by atoms with Crippen LogP contribution in [-0.4, -0.2) is 12.6 Å². The molecule has 106 valence electrons. The van der Waals surface area contributed by atoms with E-state index in [-0.39, 0.29) is 5.97 Å². The normalized spacial score (nSPS) is 10.3. The molecule has 0 aliphatic carbocycles. The summed E-state index contributed by atoms with van der Waals surface area (Å²) in [7, 11) is 0. The number of carbonyl (C=O) groups excluding carboxylic acids is 1. The van der Waals surface area contributed by atoms with Gasteiger partial charge in [-0.1, -0.05) is 0 Å². The minimum atomic E-state index is -0.317. The van der Waals surface area contributed by atoms with Gasteiger partial charge in [-0.15, -0.1) is 11.3 Å². The Balaban J connectivity index is 2.06. The average Bonchev–Trinajstić information content (AvgIpc) is 2.83. The van der Waals surface area contributed by atoms with E-state index in [0.29, 0.717) is 18.7 Å². The molecular formula is C14H15BrN2O2S. The van der Waals surface area contributed by atoms with Crippen molar-refractivity contribution < 1.29 is 9.53 Å². The number of rotatable bonds is 5. The van der Waals surface area contributed by atoms with Crippen LogP contribution < -0.4 is 11.1 Å². The van der Waals surface area contributed by atoms with Gasteiger partial charge in [0.2, 0.25) is 0 Å². The predicted octanol–water partition coefficient (Wildman–Crippen LogP) is 3.88. The first kappa shape index (κ1) is 14.9. The smallest absolute Gasteiger partial charge is 0.338 e. The van der Waals surface area contributed by atoms with Gasteiger partial charge >= 0.3 is 5.97 Å². The fraction of sp³-hybridized carbons (Fsp3) is 0.214. The van der Waals surface area contributed by atoms with Gasteiger partial charge in [0.1, 0.15) is 0 Å². The van der Waals surface area contributed by atoms with Gasteiger partial charge in [-0.25, -0.2) is 4.79 Å². The SMILES string of the molecule is CCOC(=O)c1ccc(NCc2sccc2N)c(Br)c1. The van der Waals surface area contributed by atoms with Gasteiger partial charge in [0.05, 0.1) is 18.7 Å². The lowest BCUT2D eigenvalue weighted by molar-refractivity contribution is 0.0526. The number of ether oxygens (including phenoxy) is 1. The fourth-order valence-electron chi connectivity index (χ4n) is 1.67. The molecule has 1 aromatic carbocycles. The zero-order valence-electron chi connectivity index (χ0n) is 11.0. The minimum Gasteiger partial charge on any atom is -0.462 e. The van der Waals surface area contributed by atoms with E-state index in [0.717, 1.165) is 20.7 Å². The van der Waals surface area contributed by atoms with Crippen molar-refractivity contribution in [3.63, 3.8) is 0 Å². The van der Waals surface area contributed by atoms with Crippen LogP contribution in [0.25, 0.3) is 0 Å². The van der Waals surface area contributed by atoms with Crippen molar-refractivity contribution in [3.05, 3.63) is 44.6 Å². The molecule has 2 aromatic rings. The zero-order valence-corrected chi connectivity index (χ0v) is 13.4. The van der Waals surface area contributed by atoms with Gasteiger partial charge < -0.3 is 15.8 Å². The molecule has 0 bridgehead atoms. The van der Waals surface area contributed by atoms with Crippen molar-refractivity contribution in [2.24, 2.45) is 0 Å². The summed E-state index contributed by atoms with van der Waals surface area (Å²) >= 11 is 5.06. The Bertz CT molecular complexity index is 613. The molecule has 0 unspecified atom stereocenters. The lowest BCUT2D eigenvalue weighted by Crippen LogP contribution is -2.06. The molecule has 0 saturated carbocycles. The van der Waals surface area contributed by atoms with Crippen molar-refractivity contribution in [2.45, 2.75) is 13.5 Å². The predicted molar refractivity (Wildman–Crippen MR) is 86.2 cm³/mol. The van der Waals surface area contributed by atoms with Gasteiger partial charge in [0.25, 0.3) is 0 Å². The van der Waals surface area contributed by atoms with Crippen molar-refractivity contribution in [2.75, 3.05) is 17.7 Å². The van der Waals surface area contributed by atoms with E-state index in [1.54, 1.807) is 30.4 Å². The molecule has 1 heterocycles. The summed E-state index contributed by atoms with van der Waals surface area (Å²) in [6, 6.07) is 7.22. The highest BCUT2D eigenvalue weighted by atomic mass is 79.9. The number of esters is 1. The monoisotopic (exact) mass is 354 g/mol.